The van der Waals surface area contributed by atoms with Gasteiger partial charge in [-0.1, -0.05) is 0 Å². The van der Waals surface area contributed by atoms with Gasteiger partial charge < -0.3 is 0 Å². The predicted octanol–water partition coefficient (Wildman–Crippen LogP) is 1.50. The third-order valence-electron chi connectivity index (χ3n) is 1.81. The SMILES string of the molecule is O=C=[N][In]1[CH2]CCC[CH2]1. The van der Waals surface area contributed by atoms with Gasteiger partial charge in [-0.25, -0.2) is 0 Å². The zero-order valence-corrected chi connectivity index (χ0v) is 8.76. The van der Waals surface area contributed by atoms with Crippen LogP contribution in [0.3, 0.4) is 0 Å². The minimum absolute atomic E-state index is 1.30. The Kier molecular flexibility index (Phi) is 3.37. The number of hydrogen-bond donors (Lipinski definition) is 0. The van der Waals surface area contributed by atoms with Crippen LogP contribution < -0.4 is 0 Å². The second kappa shape index (κ2) is 4.13. The second-order valence-corrected chi connectivity index (χ2v) is 10.3. The molecule has 0 aliphatic carbocycles. The summed E-state index contributed by atoms with van der Waals surface area (Å²) in [5, 5.41) is 0. The van der Waals surface area contributed by atoms with E-state index in [4.69, 9.17) is 0 Å². The molecule has 1 rings (SSSR count). The van der Waals surface area contributed by atoms with Gasteiger partial charge in [-0.2, -0.15) is 0 Å². The van der Waals surface area contributed by atoms with Crippen molar-refractivity contribution >= 4 is 27.8 Å². The molecule has 0 amide bonds. The number of nitrogens with zero attached hydrogens (tertiary/aromatic N) is 1. The van der Waals surface area contributed by atoms with Gasteiger partial charge in [-0.3, -0.25) is 0 Å². The van der Waals surface area contributed by atoms with Crippen LogP contribution in [-0.4, -0.2) is 27.8 Å². The van der Waals surface area contributed by atoms with Gasteiger partial charge in [0, 0.05) is 0 Å². The maximum atomic E-state index is 9.83. The summed E-state index contributed by atoms with van der Waals surface area (Å²) >= 11 is -1.55. The van der Waals surface area contributed by atoms with E-state index in [2.05, 4.69) is 2.98 Å². The standard InChI is InChI=1S/C5H10.CNO.In/c1-3-5-4-2;2-1-3;/h1-5H2;;/q;-1;+1. The van der Waals surface area contributed by atoms with Crippen molar-refractivity contribution in [2.75, 3.05) is 0 Å². The normalized spacial score (nSPS) is 18.9. The van der Waals surface area contributed by atoms with Gasteiger partial charge in [0.2, 0.25) is 0 Å². The molecule has 48 valence electrons. The van der Waals surface area contributed by atoms with Crippen LogP contribution in [0.4, 0.5) is 0 Å². The molecule has 3 heteroatoms. The number of carbonyl (C=O) groups excluding carboxylic acids is 1. The summed E-state index contributed by atoms with van der Waals surface area (Å²) < 4.78 is 6.49. The fourth-order valence-electron chi connectivity index (χ4n) is 1.28. The maximum absolute atomic E-state index is 9.83. The summed E-state index contributed by atoms with van der Waals surface area (Å²) in [7, 11) is 0. The molecule has 9 heavy (non-hydrogen) atoms. The monoisotopic (exact) mass is 227 g/mol. The van der Waals surface area contributed by atoms with Crippen molar-refractivity contribution in [3.63, 3.8) is 0 Å². The van der Waals surface area contributed by atoms with Crippen molar-refractivity contribution in [3.05, 3.63) is 0 Å². The first kappa shape index (κ1) is 7.36. The average Bonchev–Trinajstić information content (AvgIpc) is 1.91. The van der Waals surface area contributed by atoms with E-state index in [-0.39, 0.29) is 0 Å². The molecule has 0 aromatic heterocycles. The van der Waals surface area contributed by atoms with Crippen molar-refractivity contribution in [1.29, 1.82) is 0 Å². The van der Waals surface area contributed by atoms with Crippen LogP contribution >= 0.6 is 0 Å². The van der Waals surface area contributed by atoms with Gasteiger partial charge in [-0.05, 0) is 0 Å². The summed E-state index contributed by atoms with van der Waals surface area (Å²) in [5.41, 5.74) is 0. The zero-order chi connectivity index (χ0) is 6.53. The van der Waals surface area contributed by atoms with Gasteiger partial charge in [0.15, 0.2) is 0 Å². The van der Waals surface area contributed by atoms with E-state index >= 15 is 0 Å². The van der Waals surface area contributed by atoms with Crippen molar-refractivity contribution in [3.8, 4) is 0 Å². The molecule has 0 saturated carbocycles. The topological polar surface area (TPSA) is 29.4 Å². The van der Waals surface area contributed by atoms with Crippen LogP contribution in [-0.2, 0) is 4.79 Å². The summed E-state index contributed by atoms with van der Waals surface area (Å²) in [6.07, 6.45) is 5.72. The molecule has 0 unspecified atom stereocenters. The Morgan fingerprint density at radius 1 is 1.22 bits per heavy atom. The Morgan fingerprint density at radius 2 is 1.89 bits per heavy atom. The summed E-state index contributed by atoms with van der Waals surface area (Å²) in [4.78, 5) is 9.83. The molecule has 0 radical (unpaired) electrons. The van der Waals surface area contributed by atoms with Gasteiger partial charge in [-0.15, -0.1) is 0 Å². The van der Waals surface area contributed by atoms with Gasteiger partial charge in [0.1, 0.15) is 0 Å². The molecule has 0 N–H and O–H groups in total. The van der Waals surface area contributed by atoms with Crippen LogP contribution in [0.1, 0.15) is 19.3 Å². The van der Waals surface area contributed by atoms with Crippen molar-refractivity contribution in [2.45, 2.75) is 27.6 Å². The average molecular weight is 227 g/mol. The fourth-order valence-corrected chi connectivity index (χ4v) is 7.61. The van der Waals surface area contributed by atoms with Crippen LogP contribution in [0.5, 0.6) is 0 Å². The van der Waals surface area contributed by atoms with Crippen LogP contribution in [0.25, 0.3) is 0 Å². The Balaban J connectivity index is 2.31. The first-order valence-electron chi connectivity index (χ1n) is 3.50. The van der Waals surface area contributed by atoms with Gasteiger partial charge >= 0.3 is 63.2 Å². The van der Waals surface area contributed by atoms with E-state index in [1.54, 1.807) is 6.08 Å². The Bertz CT molecular complexity index is 125. The second-order valence-electron chi connectivity index (χ2n) is 2.51. The number of hydrogen-bond acceptors (Lipinski definition) is 2. The van der Waals surface area contributed by atoms with Crippen LogP contribution in [0.15, 0.2) is 2.98 Å². The van der Waals surface area contributed by atoms with Gasteiger partial charge in [0.25, 0.3) is 0 Å². The molecule has 0 aromatic rings. The summed E-state index contributed by atoms with van der Waals surface area (Å²) in [6.45, 7) is 0. The molecule has 1 heterocycles. The number of isocyanates is 1. The quantitative estimate of drug-likeness (QED) is 0.493. The first-order chi connectivity index (χ1) is 4.43. The molecule has 1 aliphatic heterocycles. The van der Waals surface area contributed by atoms with Crippen LogP contribution in [0, 0.1) is 0 Å². The number of rotatable bonds is 1. The van der Waals surface area contributed by atoms with Crippen LogP contribution in [0.2, 0.25) is 8.35 Å². The van der Waals surface area contributed by atoms with E-state index in [1.807, 2.05) is 0 Å². The molecule has 1 aliphatic rings. The summed E-state index contributed by atoms with van der Waals surface area (Å²) in [6, 6.07) is 0. The Labute approximate surface area is 63.3 Å². The Morgan fingerprint density at radius 3 is 2.44 bits per heavy atom. The molecule has 1 fully saturated rings. The third-order valence-corrected chi connectivity index (χ3v) is 9.29. The van der Waals surface area contributed by atoms with E-state index in [0.29, 0.717) is 0 Å². The molecule has 1 saturated heterocycles. The predicted molar refractivity (Wildman–Crippen MR) is 37.3 cm³/mol. The Hall–Kier alpha value is 0.250. The zero-order valence-electron chi connectivity index (χ0n) is 5.47. The van der Waals surface area contributed by atoms with Crippen molar-refractivity contribution in [2.24, 2.45) is 2.98 Å². The first-order valence-corrected chi connectivity index (χ1v) is 9.64. The molecular formula is C6H10InNO. The van der Waals surface area contributed by atoms with E-state index < -0.39 is 21.7 Å². The third kappa shape index (κ3) is 2.55. The van der Waals surface area contributed by atoms with Gasteiger partial charge in [0.05, 0.1) is 0 Å². The van der Waals surface area contributed by atoms with Crippen molar-refractivity contribution in [1.82, 2.24) is 0 Å². The molecule has 0 aromatic carbocycles. The molecule has 0 spiro atoms. The summed E-state index contributed by atoms with van der Waals surface area (Å²) in [5.74, 6) is 0. The molecule has 0 bridgehead atoms. The fraction of sp³-hybridized carbons (Fsp3) is 0.833. The molecule has 2 nitrogen and oxygen atoms in total. The van der Waals surface area contributed by atoms with Crippen molar-refractivity contribution < 1.29 is 4.79 Å². The van der Waals surface area contributed by atoms with E-state index in [0.717, 1.165) is 0 Å². The molecular weight excluding hydrogens is 217 g/mol. The minimum atomic E-state index is -1.55. The molecule has 0 atom stereocenters. The van der Waals surface area contributed by atoms with E-state index in [9.17, 15) is 4.79 Å². The van der Waals surface area contributed by atoms with E-state index in [1.165, 1.54) is 27.6 Å².